The molecular formula is C13H14IN3O2. The maximum Gasteiger partial charge on any atom is 0.311 e. The van der Waals surface area contributed by atoms with E-state index in [1.54, 1.807) is 4.08 Å². The maximum absolute atomic E-state index is 11.5. The van der Waals surface area contributed by atoms with E-state index >= 15 is 0 Å². The van der Waals surface area contributed by atoms with Crippen LogP contribution in [-0.2, 0) is 9.53 Å². The highest BCUT2D eigenvalue weighted by Gasteiger charge is 2.25. The van der Waals surface area contributed by atoms with Gasteiger partial charge < -0.3 is 16.2 Å². The Kier molecular flexibility index (Phi) is 4.41. The van der Waals surface area contributed by atoms with Crippen molar-refractivity contribution in [2.24, 2.45) is 16.5 Å². The summed E-state index contributed by atoms with van der Waals surface area (Å²) in [5.41, 5.74) is 12.4. The first-order valence-corrected chi connectivity index (χ1v) is 7.02. The molecule has 1 unspecified atom stereocenters. The van der Waals surface area contributed by atoms with Crippen molar-refractivity contribution in [3.63, 3.8) is 0 Å². The fourth-order valence-corrected chi connectivity index (χ4v) is 2.40. The Labute approximate surface area is 124 Å². The first-order chi connectivity index (χ1) is 9.08. The van der Waals surface area contributed by atoms with Crippen molar-refractivity contribution in [1.82, 2.24) is 0 Å². The predicted octanol–water partition coefficient (Wildman–Crippen LogP) is 2.29. The average molecular weight is 371 g/mol. The molecule has 1 fully saturated rings. The van der Waals surface area contributed by atoms with E-state index in [2.05, 4.69) is 27.6 Å². The van der Waals surface area contributed by atoms with Crippen LogP contribution in [0.4, 0.5) is 5.69 Å². The van der Waals surface area contributed by atoms with Gasteiger partial charge in [-0.3, -0.25) is 4.79 Å². The Morgan fingerprint density at radius 2 is 2.00 bits per heavy atom. The zero-order chi connectivity index (χ0) is 13.8. The van der Waals surface area contributed by atoms with Crippen LogP contribution in [0.15, 0.2) is 39.1 Å². The van der Waals surface area contributed by atoms with Crippen molar-refractivity contribution >= 4 is 40.2 Å². The fourth-order valence-electron chi connectivity index (χ4n) is 2.02. The third-order valence-corrected chi connectivity index (χ3v) is 3.54. The molecule has 0 amide bonds. The first-order valence-electron chi connectivity index (χ1n) is 5.78. The zero-order valence-electron chi connectivity index (χ0n) is 10.2. The molecule has 2 rings (SSSR count). The monoisotopic (exact) mass is 371 g/mol. The molecule has 0 spiro atoms. The van der Waals surface area contributed by atoms with Gasteiger partial charge in [0.2, 0.25) is 0 Å². The van der Waals surface area contributed by atoms with Gasteiger partial charge in [-0.05, 0) is 40.3 Å². The Bertz CT molecular complexity index is 533. The first kappa shape index (κ1) is 13.9. The number of ether oxygens (including phenoxy) is 1. The van der Waals surface area contributed by atoms with Crippen LogP contribution in [0.5, 0.6) is 0 Å². The van der Waals surface area contributed by atoms with E-state index in [1.165, 1.54) is 0 Å². The minimum Gasteiger partial charge on any atom is -0.431 e. The summed E-state index contributed by atoms with van der Waals surface area (Å²) in [6.07, 6.45) is 1.13. The quantitative estimate of drug-likeness (QED) is 0.361. The minimum absolute atomic E-state index is 0.0316. The summed E-state index contributed by atoms with van der Waals surface area (Å²) in [5.74, 6) is 0.710. The molecule has 1 aliphatic rings. The molecule has 1 aliphatic heterocycles. The third kappa shape index (κ3) is 3.69. The Morgan fingerprint density at radius 1 is 1.32 bits per heavy atom. The number of nitrogens with zero attached hydrogens (tertiary/aromatic N) is 1. The van der Waals surface area contributed by atoms with E-state index in [0.717, 1.165) is 17.7 Å². The summed E-state index contributed by atoms with van der Waals surface area (Å²) in [4.78, 5) is 15.5. The van der Waals surface area contributed by atoms with E-state index in [4.69, 9.17) is 16.2 Å². The molecular weight excluding hydrogens is 357 g/mol. The van der Waals surface area contributed by atoms with E-state index in [9.17, 15) is 4.79 Å². The number of allylic oxidation sites excluding steroid dienone is 1. The second-order valence-electron chi connectivity index (χ2n) is 4.28. The fraction of sp³-hybridized carbons (Fsp3) is 0.231. The Morgan fingerprint density at radius 3 is 2.58 bits per heavy atom. The normalized spacial score (nSPS) is 21.0. The van der Waals surface area contributed by atoms with Gasteiger partial charge in [0.1, 0.15) is 5.76 Å². The number of hydrogen-bond donors (Lipinski definition) is 2. The van der Waals surface area contributed by atoms with Crippen molar-refractivity contribution in [3.8, 4) is 0 Å². The lowest BCUT2D eigenvalue weighted by molar-refractivity contribution is -0.142. The lowest BCUT2D eigenvalue weighted by atomic mass is 9.90. The van der Waals surface area contributed by atoms with Crippen LogP contribution in [0.3, 0.4) is 0 Å². The number of cyclic esters (lactones) is 1. The second kappa shape index (κ2) is 6.05. The van der Waals surface area contributed by atoms with Gasteiger partial charge in [0.15, 0.2) is 5.96 Å². The summed E-state index contributed by atoms with van der Waals surface area (Å²) in [7, 11) is 0. The number of guanidine groups is 1. The number of hydrogen-bond acceptors (Lipinski definition) is 3. The summed E-state index contributed by atoms with van der Waals surface area (Å²) >= 11 is 2.08. The highest BCUT2D eigenvalue weighted by molar-refractivity contribution is 14.1. The van der Waals surface area contributed by atoms with Gasteiger partial charge in [0, 0.05) is 16.4 Å². The summed E-state index contributed by atoms with van der Waals surface area (Å²) < 4.78 is 6.92. The molecule has 5 nitrogen and oxygen atoms in total. The van der Waals surface area contributed by atoms with E-state index in [0.29, 0.717) is 12.1 Å². The number of aliphatic imine (C=N–C) groups is 1. The van der Waals surface area contributed by atoms with Crippen molar-refractivity contribution in [3.05, 3.63) is 39.7 Å². The summed E-state index contributed by atoms with van der Waals surface area (Å²) in [6.45, 7) is 0. The van der Waals surface area contributed by atoms with Gasteiger partial charge in [-0.2, -0.15) is 0 Å². The number of carbonyl (C=O) groups is 1. The van der Waals surface area contributed by atoms with Crippen molar-refractivity contribution < 1.29 is 9.53 Å². The van der Waals surface area contributed by atoms with Crippen LogP contribution in [0, 0.1) is 0 Å². The Balaban J connectivity index is 2.18. The van der Waals surface area contributed by atoms with Crippen molar-refractivity contribution in [2.45, 2.75) is 18.8 Å². The van der Waals surface area contributed by atoms with Crippen LogP contribution < -0.4 is 11.5 Å². The number of nitrogens with two attached hydrogens (primary N) is 2. The average Bonchev–Trinajstić information content (AvgIpc) is 2.38. The summed E-state index contributed by atoms with van der Waals surface area (Å²) in [5, 5.41) is 0. The van der Waals surface area contributed by atoms with Crippen molar-refractivity contribution in [1.29, 1.82) is 0 Å². The molecule has 1 atom stereocenters. The molecule has 0 saturated carbocycles. The second-order valence-corrected chi connectivity index (χ2v) is 4.91. The van der Waals surface area contributed by atoms with E-state index < -0.39 is 0 Å². The standard InChI is InChI=1S/C13H14IN3O2/c14-7-11-5-9(6-12(18)19-11)8-1-3-10(4-2-8)17-13(15)16/h1-4,7,9H,5-6H2,(H4,15,16,17)/b11-7-. The molecule has 1 heterocycles. The molecule has 1 saturated heterocycles. The van der Waals surface area contributed by atoms with Gasteiger partial charge in [-0.25, -0.2) is 4.99 Å². The van der Waals surface area contributed by atoms with Crippen LogP contribution in [0.1, 0.15) is 24.3 Å². The molecule has 6 heteroatoms. The Hall–Kier alpha value is -1.57. The maximum atomic E-state index is 11.5. The van der Waals surface area contributed by atoms with Gasteiger partial charge >= 0.3 is 5.97 Å². The molecule has 1 aromatic rings. The van der Waals surface area contributed by atoms with Crippen LogP contribution in [0.25, 0.3) is 0 Å². The number of esters is 1. The number of carbonyl (C=O) groups excluding carboxylic acids is 1. The van der Waals surface area contributed by atoms with Crippen LogP contribution >= 0.6 is 22.6 Å². The third-order valence-electron chi connectivity index (χ3n) is 2.85. The molecule has 100 valence electrons. The van der Waals surface area contributed by atoms with Gasteiger partial charge in [0.05, 0.1) is 12.1 Å². The van der Waals surface area contributed by atoms with E-state index in [1.807, 2.05) is 24.3 Å². The summed E-state index contributed by atoms with van der Waals surface area (Å²) in [6, 6.07) is 7.55. The number of rotatable bonds is 2. The molecule has 0 radical (unpaired) electrons. The zero-order valence-corrected chi connectivity index (χ0v) is 12.3. The minimum atomic E-state index is -0.188. The largest absolute Gasteiger partial charge is 0.431 e. The van der Waals surface area contributed by atoms with Gasteiger partial charge in [-0.1, -0.05) is 12.1 Å². The molecule has 19 heavy (non-hydrogen) atoms. The lowest BCUT2D eigenvalue weighted by Gasteiger charge is -2.23. The molecule has 0 aromatic heterocycles. The number of halogens is 1. The van der Waals surface area contributed by atoms with Crippen molar-refractivity contribution in [2.75, 3.05) is 0 Å². The van der Waals surface area contributed by atoms with Crippen LogP contribution in [-0.4, -0.2) is 11.9 Å². The highest BCUT2D eigenvalue weighted by atomic mass is 127. The van der Waals surface area contributed by atoms with Gasteiger partial charge in [0.25, 0.3) is 0 Å². The van der Waals surface area contributed by atoms with Gasteiger partial charge in [-0.15, -0.1) is 0 Å². The smallest absolute Gasteiger partial charge is 0.311 e. The van der Waals surface area contributed by atoms with Crippen LogP contribution in [0.2, 0.25) is 0 Å². The van der Waals surface area contributed by atoms with E-state index in [-0.39, 0.29) is 17.8 Å². The molecule has 1 aromatic carbocycles. The topological polar surface area (TPSA) is 90.7 Å². The highest BCUT2D eigenvalue weighted by Crippen LogP contribution is 2.33. The molecule has 4 N–H and O–H groups in total. The number of benzene rings is 1. The predicted molar refractivity (Wildman–Crippen MR) is 82.1 cm³/mol. The molecule has 0 aliphatic carbocycles. The molecule has 0 bridgehead atoms. The SMILES string of the molecule is NC(N)=Nc1ccc(C2CC(=O)O/C(=C\I)C2)cc1. The lowest BCUT2D eigenvalue weighted by Crippen LogP contribution is -2.21.